The molecular formula is C7H10NO2-. The van der Waals surface area contributed by atoms with Crippen molar-refractivity contribution in [1.29, 1.82) is 0 Å². The van der Waals surface area contributed by atoms with Gasteiger partial charge in [-0.15, -0.1) is 0 Å². The van der Waals surface area contributed by atoms with E-state index in [1.165, 1.54) is 6.20 Å². The van der Waals surface area contributed by atoms with Crippen molar-refractivity contribution in [2.75, 3.05) is 13.7 Å². The van der Waals surface area contributed by atoms with Crippen molar-refractivity contribution >= 4 is 0 Å². The highest BCUT2D eigenvalue weighted by Crippen LogP contribution is 2.14. The minimum Gasteiger partial charge on any atom is -0.758 e. The molecule has 1 rings (SSSR count). The minimum atomic E-state index is 0.389. The first-order valence-electron chi connectivity index (χ1n) is 3.10. The van der Waals surface area contributed by atoms with Crippen LogP contribution in [0.1, 0.15) is 6.92 Å². The molecule has 0 bridgehead atoms. The number of rotatable bonds is 1. The molecular weight excluding hydrogens is 130 g/mol. The maximum atomic E-state index is 10.7. The van der Waals surface area contributed by atoms with E-state index in [4.69, 9.17) is 4.74 Å². The zero-order valence-electron chi connectivity index (χ0n) is 6.13. The second-order valence-electron chi connectivity index (χ2n) is 2.18. The van der Waals surface area contributed by atoms with Crippen LogP contribution in [0.15, 0.2) is 23.6 Å². The lowest BCUT2D eigenvalue weighted by molar-refractivity contribution is 0.292. The summed E-state index contributed by atoms with van der Waals surface area (Å²) in [4.78, 5) is 0. The van der Waals surface area contributed by atoms with E-state index in [0.717, 1.165) is 16.4 Å². The van der Waals surface area contributed by atoms with E-state index in [2.05, 4.69) is 0 Å². The predicted octanol–water partition coefficient (Wildman–Crippen LogP) is 1.23. The van der Waals surface area contributed by atoms with E-state index in [1.54, 1.807) is 13.2 Å². The Kier molecular flexibility index (Phi) is 1.97. The van der Waals surface area contributed by atoms with Crippen molar-refractivity contribution in [2.45, 2.75) is 6.92 Å². The average molecular weight is 140 g/mol. The van der Waals surface area contributed by atoms with Crippen LogP contribution >= 0.6 is 0 Å². The monoisotopic (exact) mass is 140 g/mol. The topological polar surface area (TPSA) is 35.5 Å². The molecule has 1 aliphatic heterocycles. The molecule has 0 radical (unpaired) electrons. The zero-order chi connectivity index (χ0) is 7.56. The SMILES string of the molecule is COC1=CCN([O-])C=C1C. The molecule has 3 heteroatoms. The van der Waals surface area contributed by atoms with Crippen LogP contribution in [0.2, 0.25) is 0 Å². The molecule has 0 aromatic rings. The van der Waals surface area contributed by atoms with E-state index in [-0.39, 0.29) is 0 Å². The van der Waals surface area contributed by atoms with E-state index in [9.17, 15) is 5.21 Å². The van der Waals surface area contributed by atoms with Gasteiger partial charge in [-0.1, -0.05) is 0 Å². The molecule has 0 aliphatic carbocycles. The smallest absolute Gasteiger partial charge is 0.120 e. The Bertz CT molecular complexity index is 184. The van der Waals surface area contributed by atoms with Gasteiger partial charge in [0.15, 0.2) is 0 Å². The third kappa shape index (κ3) is 1.30. The van der Waals surface area contributed by atoms with Gasteiger partial charge in [-0.25, -0.2) is 0 Å². The minimum absolute atomic E-state index is 0.389. The normalized spacial score (nSPS) is 18.1. The summed E-state index contributed by atoms with van der Waals surface area (Å²) in [5.41, 5.74) is 0.878. The Morgan fingerprint density at radius 3 is 2.90 bits per heavy atom. The Labute approximate surface area is 60.2 Å². The van der Waals surface area contributed by atoms with Crippen molar-refractivity contribution in [2.24, 2.45) is 0 Å². The van der Waals surface area contributed by atoms with Crippen LogP contribution < -0.4 is 0 Å². The van der Waals surface area contributed by atoms with Gasteiger partial charge in [0.25, 0.3) is 0 Å². The van der Waals surface area contributed by atoms with Crippen LogP contribution in [-0.2, 0) is 4.74 Å². The Morgan fingerprint density at radius 1 is 1.70 bits per heavy atom. The molecule has 0 fully saturated rings. The van der Waals surface area contributed by atoms with E-state index in [0.29, 0.717) is 6.54 Å². The Morgan fingerprint density at radius 2 is 2.40 bits per heavy atom. The summed E-state index contributed by atoms with van der Waals surface area (Å²) in [6.07, 6.45) is 3.29. The molecule has 1 aliphatic rings. The van der Waals surface area contributed by atoms with Crippen LogP contribution in [0.5, 0.6) is 0 Å². The van der Waals surface area contributed by atoms with Gasteiger partial charge in [0.05, 0.1) is 7.11 Å². The van der Waals surface area contributed by atoms with Crippen LogP contribution in [-0.4, -0.2) is 18.7 Å². The summed E-state index contributed by atoms with van der Waals surface area (Å²) in [5.74, 6) is 0.798. The van der Waals surface area contributed by atoms with E-state index >= 15 is 0 Å². The summed E-state index contributed by atoms with van der Waals surface area (Å²) in [6.45, 7) is 2.24. The van der Waals surface area contributed by atoms with Crippen LogP contribution in [0.3, 0.4) is 0 Å². The first kappa shape index (κ1) is 7.15. The molecule has 56 valence electrons. The highest BCUT2D eigenvalue weighted by Gasteiger charge is 2.03. The number of hydrogen-bond donors (Lipinski definition) is 0. The van der Waals surface area contributed by atoms with Crippen molar-refractivity contribution in [3.63, 3.8) is 0 Å². The molecule has 0 saturated heterocycles. The van der Waals surface area contributed by atoms with Crippen molar-refractivity contribution < 1.29 is 4.74 Å². The maximum Gasteiger partial charge on any atom is 0.120 e. The molecule has 0 aromatic carbocycles. The molecule has 0 aromatic heterocycles. The first-order valence-corrected chi connectivity index (χ1v) is 3.10. The van der Waals surface area contributed by atoms with E-state index in [1.807, 2.05) is 6.92 Å². The quantitative estimate of drug-likeness (QED) is 0.549. The van der Waals surface area contributed by atoms with Gasteiger partial charge in [0.1, 0.15) is 5.76 Å². The molecule has 0 unspecified atom stereocenters. The Balaban J connectivity index is 2.71. The zero-order valence-corrected chi connectivity index (χ0v) is 6.13. The molecule has 0 N–H and O–H groups in total. The number of hydrogen-bond acceptors (Lipinski definition) is 3. The van der Waals surface area contributed by atoms with Crippen molar-refractivity contribution in [3.8, 4) is 0 Å². The fraction of sp³-hybridized carbons (Fsp3) is 0.429. The lowest BCUT2D eigenvalue weighted by atomic mass is 10.2. The molecule has 0 atom stereocenters. The standard InChI is InChI=1S/C7H10NO2/c1-6-5-8(9)4-3-7(6)10-2/h3,5H,4H2,1-2H3/q-1. The molecule has 0 spiro atoms. The lowest BCUT2D eigenvalue weighted by Crippen LogP contribution is -2.14. The first-order chi connectivity index (χ1) is 4.74. The molecule has 10 heavy (non-hydrogen) atoms. The number of nitrogens with zero attached hydrogens (tertiary/aromatic N) is 1. The second-order valence-corrected chi connectivity index (χ2v) is 2.18. The molecule has 0 amide bonds. The van der Waals surface area contributed by atoms with Crippen molar-refractivity contribution in [1.82, 2.24) is 5.06 Å². The fourth-order valence-electron chi connectivity index (χ4n) is 0.911. The van der Waals surface area contributed by atoms with Gasteiger partial charge in [-0.05, 0) is 19.2 Å². The predicted molar refractivity (Wildman–Crippen MR) is 38.9 cm³/mol. The van der Waals surface area contributed by atoms with Crippen LogP contribution in [0.25, 0.3) is 0 Å². The van der Waals surface area contributed by atoms with Crippen LogP contribution in [0, 0.1) is 5.21 Å². The van der Waals surface area contributed by atoms with Gasteiger partial charge in [0, 0.05) is 12.1 Å². The molecule has 1 heterocycles. The summed E-state index contributed by atoms with van der Waals surface area (Å²) >= 11 is 0. The van der Waals surface area contributed by atoms with Gasteiger partial charge in [0.2, 0.25) is 0 Å². The fourth-order valence-corrected chi connectivity index (χ4v) is 0.911. The van der Waals surface area contributed by atoms with Gasteiger partial charge < -0.3 is 15.0 Å². The van der Waals surface area contributed by atoms with Crippen LogP contribution in [0.4, 0.5) is 0 Å². The number of hydroxylamine groups is 2. The summed E-state index contributed by atoms with van der Waals surface area (Å²) in [7, 11) is 1.60. The third-order valence-corrected chi connectivity index (χ3v) is 1.40. The van der Waals surface area contributed by atoms with Crippen molar-refractivity contribution in [3.05, 3.63) is 28.8 Å². The Hall–Kier alpha value is -0.960. The largest absolute Gasteiger partial charge is 0.758 e. The summed E-state index contributed by atoms with van der Waals surface area (Å²) in [5, 5.41) is 11.5. The third-order valence-electron chi connectivity index (χ3n) is 1.40. The second kappa shape index (κ2) is 2.75. The average Bonchev–Trinajstić information content (AvgIpc) is 1.88. The van der Waals surface area contributed by atoms with E-state index < -0.39 is 0 Å². The summed E-state index contributed by atoms with van der Waals surface area (Å²) in [6, 6.07) is 0. The highest BCUT2D eigenvalue weighted by atomic mass is 16.5. The maximum absolute atomic E-state index is 10.7. The number of methoxy groups -OCH3 is 1. The van der Waals surface area contributed by atoms with Gasteiger partial charge in [-0.3, -0.25) is 0 Å². The highest BCUT2D eigenvalue weighted by molar-refractivity contribution is 5.26. The van der Waals surface area contributed by atoms with Gasteiger partial charge >= 0.3 is 0 Å². The lowest BCUT2D eigenvalue weighted by Gasteiger charge is -2.29. The number of allylic oxidation sites excluding steroid dienone is 1. The summed E-state index contributed by atoms with van der Waals surface area (Å²) < 4.78 is 4.98. The van der Waals surface area contributed by atoms with Gasteiger partial charge in [-0.2, -0.15) is 0 Å². The molecule has 3 nitrogen and oxygen atoms in total. The molecule has 0 saturated carbocycles. The number of ether oxygens (including phenoxy) is 1.